The molecule has 154 valence electrons. The summed E-state index contributed by atoms with van der Waals surface area (Å²) >= 11 is 13.1. The molecule has 1 heterocycles. The zero-order valence-corrected chi connectivity index (χ0v) is 17.8. The van der Waals surface area contributed by atoms with Gasteiger partial charge in [-0.3, -0.25) is 10.1 Å². The van der Waals surface area contributed by atoms with Gasteiger partial charge in [0.2, 0.25) is 5.91 Å². The number of halogens is 2. The maximum Gasteiger partial charge on any atom is 0.338 e. The summed E-state index contributed by atoms with van der Waals surface area (Å²) in [7, 11) is 0. The van der Waals surface area contributed by atoms with Crippen LogP contribution >= 0.6 is 34.5 Å². The van der Waals surface area contributed by atoms with Crippen LogP contribution in [0.5, 0.6) is 0 Å². The van der Waals surface area contributed by atoms with Crippen molar-refractivity contribution in [3.63, 3.8) is 0 Å². The Balaban J connectivity index is 1.77. The highest BCUT2D eigenvalue weighted by Crippen LogP contribution is 2.37. The molecular weight excluding hydrogens is 449 g/mol. The molecular formula is C20H15Cl2N3O4S. The van der Waals surface area contributed by atoms with E-state index in [0.29, 0.717) is 31.9 Å². The first-order chi connectivity index (χ1) is 14.2. The summed E-state index contributed by atoms with van der Waals surface area (Å²) in [5.41, 5.74) is 1.70. The number of carboxylic acids is 1. The number of hydrogen-bond donors (Lipinski definition) is 4. The molecule has 0 atom stereocenters. The van der Waals surface area contributed by atoms with Crippen molar-refractivity contribution in [2.24, 2.45) is 0 Å². The third-order valence-corrected chi connectivity index (χ3v) is 5.70. The molecule has 0 saturated heterocycles. The molecule has 0 unspecified atom stereocenters. The van der Waals surface area contributed by atoms with Gasteiger partial charge in [-0.05, 0) is 48.0 Å². The van der Waals surface area contributed by atoms with Crippen molar-refractivity contribution in [1.82, 2.24) is 0 Å². The number of carbonyl (C=O) groups excluding carboxylic acids is 2. The van der Waals surface area contributed by atoms with Gasteiger partial charge in [0.25, 0.3) is 0 Å². The van der Waals surface area contributed by atoms with Gasteiger partial charge < -0.3 is 15.7 Å². The van der Waals surface area contributed by atoms with Crippen LogP contribution in [0.3, 0.4) is 0 Å². The predicted molar refractivity (Wildman–Crippen MR) is 120 cm³/mol. The van der Waals surface area contributed by atoms with Gasteiger partial charge in [0.1, 0.15) is 5.00 Å². The van der Waals surface area contributed by atoms with Gasteiger partial charge in [0.15, 0.2) is 0 Å². The summed E-state index contributed by atoms with van der Waals surface area (Å²) in [6.07, 6.45) is 0. The summed E-state index contributed by atoms with van der Waals surface area (Å²) < 4.78 is 0. The highest BCUT2D eigenvalue weighted by Gasteiger charge is 2.18. The molecule has 0 spiro atoms. The van der Waals surface area contributed by atoms with Gasteiger partial charge in [0, 0.05) is 23.2 Å². The number of rotatable bonds is 5. The molecule has 1 aromatic heterocycles. The standard InChI is InChI=1S/C20H15Cl2N3O4S/c1-10(26)23-12-3-5-13(6-4-12)24-20(29)25-18-14(19(27)28)9-17(30-18)11-2-7-15(21)16(22)8-11/h2-9H,1H3,(H,23,26)(H,27,28)(H2,24,25,29). The second-order valence-electron chi connectivity index (χ2n) is 6.13. The fraction of sp³-hybridized carbons (Fsp3) is 0.0500. The second kappa shape index (κ2) is 9.17. The Kier molecular flexibility index (Phi) is 6.61. The number of carbonyl (C=O) groups is 3. The van der Waals surface area contributed by atoms with Crippen molar-refractivity contribution < 1.29 is 19.5 Å². The van der Waals surface area contributed by atoms with E-state index < -0.39 is 12.0 Å². The number of hydrogen-bond acceptors (Lipinski definition) is 4. The first-order valence-electron chi connectivity index (χ1n) is 8.51. The SMILES string of the molecule is CC(=O)Nc1ccc(NC(=O)Nc2sc(-c3ccc(Cl)c(Cl)c3)cc2C(=O)O)cc1. The maximum absolute atomic E-state index is 12.3. The quantitative estimate of drug-likeness (QED) is 0.370. The number of nitrogens with one attached hydrogen (secondary N) is 3. The third-order valence-electron chi connectivity index (χ3n) is 3.86. The number of aromatic carboxylic acids is 1. The van der Waals surface area contributed by atoms with E-state index in [9.17, 15) is 19.5 Å². The Morgan fingerprint density at radius 1 is 0.867 bits per heavy atom. The second-order valence-corrected chi connectivity index (χ2v) is 7.99. The molecule has 0 radical (unpaired) electrons. The van der Waals surface area contributed by atoms with E-state index in [0.717, 1.165) is 11.3 Å². The highest BCUT2D eigenvalue weighted by atomic mass is 35.5. The number of carboxylic acid groups (broad SMARTS) is 1. The van der Waals surface area contributed by atoms with Crippen LogP contribution in [0.4, 0.5) is 21.2 Å². The molecule has 2 aromatic carbocycles. The van der Waals surface area contributed by atoms with E-state index in [-0.39, 0.29) is 16.5 Å². The first kappa shape index (κ1) is 21.6. The molecule has 0 saturated carbocycles. The van der Waals surface area contributed by atoms with Crippen LogP contribution in [0.25, 0.3) is 10.4 Å². The summed E-state index contributed by atoms with van der Waals surface area (Å²) in [5, 5.41) is 18.2. The number of benzene rings is 2. The molecule has 4 N–H and O–H groups in total. The summed E-state index contributed by atoms with van der Waals surface area (Å²) in [5.74, 6) is -1.38. The Hall–Kier alpha value is -3.07. The van der Waals surface area contributed by atoms with Crippen molar-refractivity contribution in [2.75, 3.05) is 16.0 Å². The monoisotopic (exact) mass is 463 g/mol. The molecule has 0 fully saturated rings. The summed E-state index contributed by atoms with van der Waals surface area (Å²) in [6.45, 7) is 1.40. The third kappa shape index (κ3) is 5.29. The first-order valence-corrected chi connectivity index (χ1v) is 10.1. The molecule has 30 heavy (non-hydrogen) atoms. The minimum Gasteiger partial charge on any atom is -0.478 e. The smallest absolute Gasteiger partial charge is 0.338 e. The van der Waals surface area contributed by atoms with E-state index in [4.69, 9.17) is 23.2 Å². The fourth-order valence-corrected chi connectivity index (χ4v) is 3.88. The Labute approximate surface area is 185 Å². The van der Waals surface area contributed by atoms with E-state index in [1.807, 2.05) is 0 Å². The average molecular weight is 464 g/mol. The summed E-state index contributed by atoms with van der Waals surface area (Å²) in [4.78, 5) is 35.6. The molecule has 3 amide bonds. The van der Waals surface area contributed by atoms with Crippen LogP contribution in [0.1, 0.15) is 17.3 Å². The zero-order valence-electron chi connectivity index (χ0n) is 15.5. The molecule has 0 aliphatic carbocycles. The van der Waals surface area contributed by atoms with Crippen molar-refractivity contribution in [1.29, 1.82) is 0 Å². The van der Waals surface area contributed by atoms with E-state index in [1.165, 1.54) is 13.0 Å². The van der Waals surface area contributed by atoms with Crippen LogP contribution in [0.15, 0.2) is 48.5 Å². The average Bonchev–Trinajstić information content (AvgIpc) is 3.09. The molecule has 3 aromatic rings. The molecule has 10 heteroatoms. The maximum atomic E-state index is 12.3. The Bertz CT molecular complexity index is 1130. The topological polar surface area (TPSA) is 108 Å². The van der Waals surface area contributed by atoms with Gasteiger partial charge >= 0.3 is 12.0 Å². The lowest BCUT2D eigenvalue weighted by molar-refractivity contribution is -0.114. The highest BCUT2D eigenvalue weighted by molar-refractivity contribution is 7.20. The van der Waals surface area contributed by atoms with Crippen molar-refractivity contribution in [2.45, 2.75) is 6.92 Å². The van der Waals surface area contributed by atoms with E-state index in [2.05, 4.69) is 16.0 Å². The largest absolute Gasteiger partial charge is 0.478 e. The zero-order chi connectivity index (χ0) is 21.8. The minimum atomic E-state index is -1.17. The number of anilines is 3. The number of urea groups is 1. The summed E-state index contributed by atoms with van der Waals surface area (Å²) in [6, 6.07) is 12.3. The normalized spacial score (nSPS) is 10.4. The minimum absolute atomic E-state index is 0.0442. The van der Waals surface area contributed by atoms with Gasteiger partial charge in [-0.2, -0.15) is 0 Å². The number of thiophene rings is 1. The molecule has 0 aliphatic heterocycles. The Morgan fingerprint density at radius 3 is 2.07 bits per heavy atom. The lowest BCUT2D eigenvalue weighted by atomic mass is 10.1. The Morgan fingerprint density at radius 2 is 1.50 bits per heavy atom. The lowest BCUT2D eigenvalue weighted by Crippen LogP contribution is -2.20. The number of amides is 3. The molecule has 0 aliphatic rings. The van der Waals surface area contributed by atoms with Gasteiger partial charge in [-0.15, -0.1) is 11.3 Å². The lowest BCUT2D eigenvalue weighted by Gasteiger charge is -2.08. The van der Waals surface area contributed by atoms with Crippen molar-refractivity contribution in [3.8, 4) is 10.4 Å². The fourth-order valence-electron chi connectivity index (χ4n) is 2.54. The van der Waals surface area contributed by atoms with Gasteiger partial charge in [-0.1, -0.05) is 29.3 Å². The van der Waals surface area contributed by atoms with Crippen LogP contribution in [-0.2, 0) is 4.79 Å². The predicted octanol–water partition coefficient (Wildman–Crippen LogP) is 6.02. The molecule has 7 nitrogen and oxygen atoms in total. The molecule has 0 bridgehead atoms. The van der Waals surface area contributed by atoms with Crippen LogP contribution in [0, 0.1) is 0 Å². The van der Waals surface area contributed by atoms with Crippen molar-refractivity contribution >= 4 is 68.8 Å². The van der Waals surface area contributed by atoms with Gasteiger partial charge in [0.05, 0.1) is 15.6 Å². The van der Waals surface area contributed by atoms with E-state index >= 15 is 0 Å². The van der Waals surface area contributed by atoms with Crippen LogP contribution in [0.2, 0.25) is 10.0 Å². The van der Waals surface area contributed by atoms with Gasteiger partial charge in [-0.25, -0.2) is 9.59 Å². The van der Waals surface area contributed by atoms with E-state index in [1.54, 1.807) is 42.5 Å². The van der Waals surface area contributed by atoms with Crippen molar-refractivity contribution in [3.05, 3.63) is 64.1 Å². The molecule has 3 rings (SSSR count). The van der Waals surface area contributed by atoms with Crippen LogP contribution < -0.4 is 16.0 Å². The van der Waals surface area contributed by atoms with Crippen LogP contribution in [-0.4, -0.2) is 23.0 Å².